The third-order valence-corrected chi connectivity index (χ3v) is 1.43. The molecule has 0 fully saturated rings. The second kappa shape index (κ2) is 3.28. The van der Waals surface area contributed by atoms with Gasteiger partial charge in [0.15, 0.2) is 11.8 Å². The summed E-state index contributed by atoms with van der Waals surface area (Å²) in [7, 11) is 0. The zero-order chi connectivity index (χ0) is 10.0. The van der Waals surface area contributed by atoms with Crippen LogP contribution in [0.25, 0.3) is 0 Å². The van der Waals surface area contributed by atoms with E-state index in [0.717, 1.165) is 12.3 Å². The van der Waals surface area contributed by atoms with Crippen molar-refractivity contribution < 1.29 is 19.4 Å². The molecule has 0 amide bonds. The van der Waals surface area contributed by atoms with E-state index in [4.69, 9.17) is 15.9 Å². The molecule has 6 nitrogen and oxygen atoms in total. The average Bonchev–Trinajstić information content (AvgIpc) is 2.08. The number of carboxylic acid groups (broad SMARTS) is 1. The van der Waals surface area contributed by atoms with Crippen molar-refractivity contribution in [1.29, 1.82) is 0 Å². The first kappa shape index (κ1) is 9.27. The van der Waals surface area contributed by atoms with Crippen molar-refractivity contribution in [3.63, 3.8) is 0 Å². The van der Waals surface area contributed by atoms with Crippen LogP contribution in [0.15, 0.2) is 21.5 Å². The predicted octanol–water partition coefficient (Wildman–Crippen LogP) is -0.570. The second-order valence-corrected chi connectivity index (χ2v) is 2.31. The molecule has 0 bridgehead atoms. The topological polar surface area (TPSA) is 114 Å². The maximum absolute atomic E-state index is 10.8. The molecule has 0 saturated heterocycles. The lowest BCUT2D eigenvalue weighted by molar-refractivity contribution is -0.139. The molecule has 1 rings (SSSR count). The van der Waals surface area contributed by atoms with Crippen molar-refractivity contribution >= 4 is 5.97 Å². The van der Waals surface area contributed by atoms with Gasteiger partial charge in [-0.2, -0.15) is 0 Å². The summed E-state index contributed by atoms with van der Waals surface area (Å²) in [5.74, 6) is -2.60. The SMILES string of the molecule is NC(C(=O)O)c1occc(=O)c1O. The summed E-state index contributed by atoms with van der Waals surface area (Å²) in [6, 6.07) is -0.568. The van der Waals surface area contributed by atoms with E-state index in [2.05, 4.69) is 4.42 Å². The van der Waals surface area contributed by atoms with Crippen LogP contribution in [-0.4, -0.2) is 16.2 Å². The highest BCUT2D eigenvalue weighted by molar-refractivity contribution is 5.75. The van der Waals surface area contributed by atoms with E-state index in [1.807, 2.05) is 0 Å². The molecule has 0 aliphatic rings. The molecule has 4 N–H and O–H groups in total. The number of hydrogen-bond acceptors (Lipinski definition) is 5. The Kier molecular flexibility index (Phi) is 2.34. The first-order valence-corrected chi connectivity index (χ1v) is 3.33. The molecule has 0 aliphatic heterocycles. The highest BCUT2D eigenvalue weighted by Crippen LogP contribution is 2.17. The van der Waals surface area contributed by atoms with Crippen LogP contribution in [0.3, 0.4) is 0 Å². The van der Waals surface area contributed by atoms with E-state index in [9.17, 15) is 9.59 Å². The van der Waals surface area contributed by atoms with Gasteiger partial charge in [0.2, 0.25) is 11.2 Å². The van der Waals surface area contributed by atoms with Crippen molar-refractivity contribution in [2.75, 3.05) is 0 Å². The fourth-order valence-electron chi connectivity index (χ4n) is 0.758. The van der Waals surface area contributed by atoms with Crippen LogP contribution in [-0.2, 0) is 4.79 Å². The number of aromatic hydroxyl groups is 1. The van der Waals surface area contributed by atoms with Crippen LogP contribution >= 0.6 is 0 Å². The molecule has 1 aromatic heterocycles. The van der Waals surface area contributed by atoms with Crippen LogP contribution in [0.5, 0.6) is 5.75 Å². The van der Waals surface area contributed by atoms with E-state index in [0.29, 0.717) is 0 Å². The number of aliphatic carboxylic acids is 1. The van der Waals surface area contributed by atoms with Crippen LogP contribution in [0.1, 0.15) is 11.8 Å². The maximum Gasteiger partial charge on any atom is 0.328 e. The van der Waals surface area contributed by atoms with Gasteiger partial charge >= 0.3 is 5.97 Å². The van der Waals surface area contributed by atoms with Crippen molar-refractivity contribution in [1.82, 2.24) is 0 Å². The molecule has 70 valence electrons. The lowest BCUT2D eigenvalue weighted by atomic mass is 10.2. The van der Waals surface area contributed by atoms with E-state index >= 15 is 0 Å². The van der Waals surface area contributed by atoms with Crippen molar-refractivity contribution in [3.05, 3.63) is 28.3 Å². The highest BCUT2D eigenvalue weighted by atomic mass is 16.4. The molecule has 0 aliphatic carbocycles. The third-order valence-electron chi connectivity index (χ3n) is 1.43. The van der Waals surface area contributed by atoms with Gasteiger partial charge in [-0.25, -0.2) is 0 Å². The quantitative estimate of drug-likeness (QED) is 0.568. The smallest absolute Gasteiger partial charge is 0.328 e. The summed E-state index contributed by atoms with van der Waals surface area (Å²) in [6.07, 6.45) is 0.972. The fourth-order valence-corrected chi connectivity index (χ4v) is 0.758. The Labute approximate surface area is 72.2 Å². The molecular weight excluding hydrogens is 178 g/mol. The van der Waals surface area contributed by atoms with E-state index < -0.39 is 28.9 Å². The van der Waals surface area contributed by atoms with Crippen molar-refractivity contribution in [2.24, 2.45) is 5.73 Å². The van der Waals surface area contributed by atoms with Gasteiger partial charge in [-0.15, -0.1) is 0 Å². The zero-order valence-electron chi connectivity index (χ0n) is 6.43. The molecular formula is C7H7NO5. The van der Waals surface area contributed by atoms with Crippen LogP contribution in [0, 0.1) is 0 Å². The van der Waals surface area contributed by atoms with Gasteiger partial charge in [0, 0.05) is 6.07 Å². The van der Waals surface area contributed by atoms with Crippen LogP contribution in [0.4, 0.5) is 0 Å². The molecule has 0 aromatic carbocycles. The standard InChI is InChI=1S/C7H7NO5/c8-4(7(11)12)6-5(10)3(9)1-2-13-6/h1-2,4,10H,8H2,(H,11,12). The van der Waals surface area contributed by atoms with Crippen molar-refractivity contribution in [3.8, 4) is 5.75 Å². The Hall–Kier alpha value is -1.82. The van der Waals surface area contributed by atoms with Gasteiger partial charge < -0.3 is 20.4 Å². The largest absolute Gasteiger partial charge is 0.502 e. The minimum absolute atomic E-state index is 0.444. The Morgan fingerprint density at radius 1 is 1.62 bits per heavy atom. The number of carbonyl (C=O) groups is 1. The minimum Gasteiger partial charge on any atom is -0.502 e. The number of nitrogens with two attached hydrogens (primary N) is 1. The van der Waals surface area contributed by atoms with Gasteiger partial charge in [-0.1, -0.05) is 0 Å². The highest BCUT2D eigenvalue weighted by Gasteiger charge is 2.22. The number of carboxylic acids is 1. The average molecular weight is 185 g/mol. The lowest BCUT2D eigenvalue weighted by Gasteiger charge is -2.05. The lowest BCUT2D eigenvalue weighted by Crippen LogP contribution is -2.22. The molecule has 1 unspecified atom stereocenters. The Bertz CT molecular complexity index is 383. The second-order valence-electron chi connectivity index (χ2n) is 2.31. The first-order chi connectivity index (χ1) is 6.04. The normalized spacial score (nSPS) is 12.4. The van der Waals surface area contributed by atoms with Gasteiger partial charge in [0.25, 0.3) is 0 Å². The third kappa shape index (κ3) is 1.67. The first-order valence-electron chi connectivity index (χ1n) is 3.33. The van der Waals surface area contributed by atoms with Crippen LogP contribution < -0.4 is 11.2 Å². The summed E-state index contributed by atoms with van der Waals surface area (Å²) in [5, 5.41) is 17.5. The zero-order valence-corrected chi connectivity index (χ0v) is 6.43. The summed E-state index contributed by atoms with van der Waals surface area (Å²) in [4.78, 5) is 21.2. The fraction of sp³-hybridized carbons (Fsp3) is 0.143. The molecule has 0 spiro atoms. The van der Waals surface area contributed by atoms with E-state index in [-0.39, 0.29) is 0 Å². The van der Waals surface area contributed by atoms with Crippen molar-refractivity contribution in [2.45, 2.75) is 6.04 Å². The minimum atomic E-state index is -1.53. The molecule has 6 heteroatoms. The predicted molar refractivity (Wildman–Crippen MR) is 41.2 cm³/mol. The summed E-state index contributed by atoms with van der Waals surface area (Å²) >= 11 is 0. The molecule has 0 saturated carbocycles. The van der Waals surface area contributed by atoms with Gasteiger partial charge in [-0.05, 0) is 0 Å². The summed E-state index contributed by atoms with van der Waals surface area (Å²) in [6.45, 7) is 0. The van der Waals surface area contributed by atoms with Gasteiger partial charge in [-0.3, -0.25) is 9.59 Å². The molecule has 1 atom stereocenters. The number of hydrogen-bond donors (Lipinski definition) is 3. The molecule has 0 radical (unpaired) electrons. The molecule has 13 heavy (non-hydrogen) atoms. The maximum atomic E-state index is 10.8. The van der Waals surface area contributed by atoms with Gasteiger partial charge in [0.1, 0.15) is 0 Å². The van der Waals surface area contributed by atoms with E-state index in [1.165, 1.54) is 0 Å². The number of rotatable bonds is 2. The Morgan fingerprint density at radius 2 is 2.23 bits per heavy atom. The van der Waals surface area contributed by atoms with E-state index in [1.54, 1.807) is 0 Å². The Morgan fingerprint density at radius 3 is 2.77 bits per heavy atom. The Balaban J connectivity index is 3.23. The van der Waals surface area contributed by atoms with Crippen LogP contribution in [0.2, 0.25) is 0 Å². The summed E-state index contributed by atoms with van der Waals surface area (Å²) < 4.78 is 4.61. The van der Waals surface area contributed by atoms with Gasteiger partial charge in [0.05, 0.1) is 6.26 Å². The molecule has 1 aromatic rings. The summed E-state index contributed by atoms with van der Waals surface area (Å²) in [5.41, 5.74) is 4.39. The molecule has 1 heterocycles. The monoisotopic (exact) mass is 185 g/mol.